The van der Waals surface area contributed by atoms with Crippen LogP contribution in [0.4, 0.5) is 10.2 Å². The number of nitrogen functional groups attached to an aromatic ring is 1. The van der Waals surface area contributed by atoms with Gasteiger partial charge in [-0.15, -0.1) is 0 Å². The van der Waals surface area contributed by atoms with Gasteiger partial charge >= 0.3 is 0 Å². The number of benzene rings is 1. The fraction of sp³-hybridized carbons (Fsp3) is 0.263. The van der Waals surface area contributed by atoms with E-state index in [4.69, 9.17) is 38.8 Å². The largest absolute Gasteiger partial charge is 0.489 e. The molecule has 154 valence electrons. The molecule has 0 bridgehead atoms. The minimum atomic E-state index is -0.896. The van der Waals surface area contributed by atoms with Crippen LogP contribution in [0.15, 0.2) is 36.8 Å². The highest BCUT2D eigenvalue weighted by molar-refractivity contribution is 6.36. The molecule has 4 N–H and O–H groups in total. The van der Waals surface area contributed by atoms with E-state index in [2.05, 4.69) is 10.1 Å². The molecule has 10 heteroatoms. The summed E-state index contributed by atoms with van der Waals surface area (Å²) in [6, 6.07) is 4.36. The first kappa shape index (κ1) is 21.3. The van der Waals surface area contributed by atoms with E-state index in [1.807, 2.05) is 0 Å². The van der Waals surface area contributed by atoms with Crippen LogP contribution in [0.3, 0.4) is 0 Å². The van der Waals surface area contributed by atoms with E-state index in [0.717, 1.165) is 5.56 Å². The van der Waals surface area contributed by atoms with Crippen LogP contribution in [0.1, 0.15) is 5.56 Å². The zero-order valence-corrected chi connectivity index (χ0v) is 16.7. The van der Waals surface area contributed by atoms with Crippen molar-refractivity contribution in [2.24, 2.45) is 0 Å². The fourth-order valence-electron chi connectivity index (χ4n) is 2.68. The monoisotopic (exact) mass is 440 g/mol. The molecule has 0 aliphatic rings. The summed E-state index contributed by atoms with van der Waals surface area (Å²) in [5.74, 6) is 0.0140. The van der Waals surface area contributed by atoms with E-state index in [9.17, 15) is 9.50 Å². The van der Waals surface area contributed by atoms with Crippen molar-refractivity contribution < 1.29 is 19.3 Å². The second-order valence-corrected chi connectivity index (χ2v) is 7.10. The van der Waals surface area contributed by atoms with Gasteiger partial charge in [-0.1, -0.05) is 23.2 Å². The topological polar surface area (TPSA) is 106 Å². The van der Waals surface area contributed by atoms with Crippen LogP contribution in [-0.4, -0.2) is 44.3 Å². The van der Waals surface area contributed by atoms with Gasteiger partial charge in [-0.2, -0.15) is 5.10 Å². The van der Waals surface area contributed by atoms with Crippen molar-refractivity contribution in [3.05, 3.63) is 58.2 Å². The number of hydrogen-bond donors (Lipinski definition) is 3. The molecule has 1 unspecified atom stereocenters. The van der Waals surface area contributed by atoms with E-state index in [-0.39, 0.29) is 37.0 Å². The number of pyridine rings is 1. The molecule has 0 fully saturated rings. The lowest BCUT2D eigenvalue weighted by Gasteiger charge is -2.11. The average molecular weight is 441 g/mol. The molecule has 2 aromatic heterocycles. The number of anilines is 1. The summed E-state index contributed by atoms with van der Waals surface area (Å²) in [4.78, 5) is 4.13. The molecular formula is C19H19Cl2FN4O3. The Kier molecular flexibility index (Phi) is 6.92. The Balaban J connectivity index is 1.71. The lowest BCUT2D eigenvalue weighted by atomic mass is 10.1. The van der Waals surface area contributed by atoms with Crippen molar-refractivity contribution in [1.82, 2.24) is 14.8 Å². The maximum absolute atomic E-state index is 13.6. The zero-order valence-electron chi connectivity index (χ0n) is 15.2. The molecule has 0 spiro atoms. The average Bonchev–Trinajstić information content (AvgIpc) is 3.17. The molecular weight excluding hydrogens is 422 g/mol. The third kappa shape index (κ3) is 5.16. The van der Waals surface area contributed by atoms with Crippen molar-refractivity contribution in [3.8, 4) is 16.9 Å². The maximum Gasteiger partial charge on any atom is 0.166 e. The van der Waals surface area contributed by atoms with Gasteiger partial charge in [0.1, 0.15) is 5.82 Å². The molecule has 7 nitrogen and oxygen atoms in total. The summed E-state index contributed by atoms with van der Waals surface area (Å²) in [6.07, 6.45) is 4.28. The molecule has 0 aliphatic heterocycles. The van der Waals surface area contributed by atoms with Gasteiger partial charge in [0.25, 0.3) is 0 Å². The molecule has 0 aliphatic carbocycles. The van der Waals surface area contributed by atoms with Gasteiger partial charge in [-0.05, 0) is 23.8 Å². The van der Waals surface area contributed by atoms with Crippen LogP contribution < -0.4 is 10.5 Å². The molecule has 0 radical (unpaired) electrons. The Labute approximate surface area is 176 Å². The van der Waals surface area contributed by atoms with Crippen molar-refractivity contribution >= 4 is 29.0 Å². The van der Waals surface area contributed by atoms with Crippen molar-refractivity contribution in [1.29, 1.82) is 0 Å². The van der Waals surface area contributed by atoms with E-state index in [0.29, 0.717) is 21.9 Å². The number of aromatic nitrogens is 3. The van der Waals surface area contributed by atoms with Gasteiger partial charge in [-0.25, -0.2) is 9.37 Å². The predicted octanol–water partition coefficient (Wildman–Crippen LogP) is 2.95. The summed E-state index contributed by atoms with van der Waals surface area (Å²) < 4.78 is 20.8. The highest BCUT2D eigenvalue weighted by atomic mass is 35.5. The first-order chi connectivity index (χ1) is 13.9. The number of halogens is 3. The number of aliphatic hydroxyl groups excluding tert-OH is 2. The summed E-state index contributed by atoms with van der Waals surface area (Å²) in [5.41, 5.74) is 7.80. The maximum atomic E-state index is 13.6. The normalized spacial score (nSPS) is 12.2. The minimum Gasteiger partial charge on any atom is -0.489 e. The molecule has 29 heavy (non-hydrogen) atoms. The molecule has 2 heterocycles. The van der Waals surface area contributed by atoms with Crippen LogP contribution in [0.5, 0.6) is 5.75 Å². The predicted molar refractivity (Wildman–Crippen MR) is 109 cm³/mol. The summed E-state index contributed by atoms with van der Waals surface area (Å²) >= 11 is 12.1. The van der Waals surface area contributed by atoms with Crippen molar-refractivity contribution in [2.45, 2.75) is 19.1 Å². The number of ether oxygens (including phenoxy) is 1. The Hall–Kier alpha value is -2.39. The number of hydrogen-bond acceptors (Lipinski definition) is 6. The SMILES string of the molecule is Nc1ncc(-c2cnn(CC(O)CO)c2)cc1OCCc1c(Cl)ccc(F)c1Cl. The molecule has 3 rings (SSSR count). The zero-order chi connectivity index (χ0) is 21.0. The lowest BCUT2D eigenvalue weighted by Crippen LogP contribution is -2.19. The lowest BCUT2D eigenvalue weighted by molar-refractivity contribution is 0.0783. The van der Waals surface area contributed by atoms with Gasteiger partial charge < -0.3 is 20.7 Å². The van der Waals surface area contributed by atoms with E-state index < -0.39 is 11.9 Å². The van der Waals surface area contributed by atoms with E-state index in [1.165, 1.54) is 16.8 Å². The first-order valence-electron chi connectivity index (χ1n) is 8.71. The second kappa shape index (κ2) is 9.41. The third-order valence-electron chi connectivity index (χ3n) is 4.21. The molecule has 1 atom stereocenters. The highest BCUT2D eigenvalue weighted by Crippen LogP contribution is 2.29. The molecule has 0 saturated heterocycles. The summed E-state index contributed by atoms with van der Waals surface area (Å²) in [6.45, 7) is -0.0203. The van der Waals surface area contributed by atoms with Crippen molar-refractivity contribution in [2.75, 3.05) is 18.9 Å². The molecule has 3 aromatic rings. The molecule has 0 saturated carbocycles. The molecule has 1 aromatic carbocycles. The van der Waals surface area contributed by atoms with Crippen LogP contribution >= 0.6 is 23.2 Å². The first-order valence-corrected chi connectivity index (χ1v) is 9.47. The van der Waals surface area contributed by atoms with Gasteiger partial charge in [-0.3, -0.25) is 4.68 Å². The van der Waals surface area contributed by atoms with Gasteiger partial charge in [0, 0.05) is 35.0 Å². The third-order valence-corrected chi connectivity index (χ3v) is 4.97. The Morgan fingerprint density at radius 1 is 1.24 bits per heavy atom. The minimum absolute atomic E-state index is 0.0292. The van der Waals surface area contributed by atoms with Crippen LogP contribution in [-0.2, 0) is 13.0 Å². The van der Waals surface area contributed by atoms with E-state index >= 15 is 0 Å². The Morgan fingerprint density at radius 3 is 2.79 bits per heavy atom. The smallest absolute Gasteiger partial charge is 0.166 e. The number of rotatable bonds is 8. The second-order valence-electron chi connectivity index (χ2n) is 6.32. The number of aliphatic hydroxyl groups is 2. The van der Waals surface area contributed by atoms with Crippen LogP contribution in [0.2, 0.25) is 10.0 Å². The quantitative estimate of drug-likeness (QED) is 0.464. The summed E-state index contributed by atoms with van der Waals surface area (Å²) in [5, 5.41) is 22.9. The Morgan fingerprint density at radius 2 is 2.03 bits per heavy atom. The van der Waals surface area contributed by atoms with Crippen LogP contribution in [0, 0.1) is 5.82 Å². The fourth-order valence-corrected chi connectivity index (χ4v) is 3.24. The van der Waals surface area contributed by atoms with E-state index in [1.54, 1.807) is 24.7 Å². The number of nitrogens with zero attached hydrogens (tertiary/aromatic N) is 3. The summed E-state index contributed by atoms with van der Waals surface area (Å²) in [7, 11) is 0. The Bertz CT molecular complexity index is 1000. The van der Waals surface area contributed by atoms with Crippen LogP contribution in [0.25, 0.3) is 11.1 Å². The molecule has 0 amide bonds. The van der Waals surface area contributed by atoms with Crippen molar-refractivity contribution in [3.63, 3.8) is 0 Å². The number of nitrogens with two attached hydrogens (primary N) is 1. The van der Waals surface area contributed by atoms with Gasteiger partial charge in [0.05, 0.1) is 37.1 Å². The van der Waals surface area contributed by atoms with Gasteiger partial charge in [0.15, 0.2) is 11.6 Å². The highest BCUT2D eigenvalue weighted by Gasteiger charge is 2.13. The van der Waals surface area contributed by atoms with Gasteiger partial charge in [0.2, 0.25) is 0 Å². The standard InChI is InChI=1S/C19H19Cl2FN4O3/c20-15-1-2-16(22)18(21)14(15)3-4-29-17-5-11(6-24-19(17)23)12-7-25-26(8-12)9-13(28)10-27/h1-2,5-8,13,27-28H,3-4,9-10H2,(H2,23,24).